The van der Waals surface area contributed by atoms with E-state index in [0.717, 1.165) is 32.5 Å². The lowest BCUT2D eigenvalue weighted by atomic mass is 9.95. The zero-order chi connectivity index (χ0) is 17.2. The van der Waals surface area contributed by atoms with Gasteiger partial charge < -0.3 is 10.2 Å². The molecule has 1 aromatic heterocycles. The van der Waals surface area contributed by atoms with Crippen LogP contribution in [0.1, 0.15) is 42.4 Å². The highest BCUT2D eigenvalue weighted by atomic mass is 16.2. The molecule has 1 aliphatic heterocycles. The zero-order valence-electron chi connectivity index (χ0n) is 14.8. The SMILES string of the molecule is Cn1nccc1C1CCCN(C(=O)NC[C@@H]2C[C@H]2c2ccccc2)C1. The summed E-state index contributed by atoms with van der Waals surface area (Å²) in [6.45, 7) is 2.43. The quantitative estimate of drug-likeness (QED) is 0.931. The van der Waals surface area contributed by atoms with Gasteiger partial charge in [0.15, 0.2) is 0 Å². The van der Waals surface area contributed by atoms with E-state index in [0.29, 0.717) is 17.8 Å². The molecular weight excluding hydrogens is 312 g/mol. The minimum atomic E-state index is 0.0885. The largest absolute Gasteiger partial charge is 0.338 e. The summed E-state index contributed by atoms with van der Waals surface area (Å²) >= 11 is 0. The van der Waals surface area contributed by atoms with E-state index in [1.807, 2.05) is 22.8 Å². The van der Waals surface area contributed by atoms with Gasteiger partial charge in [-0.15, -0.1) is 0 Å². The van der Waals surface area contributed by atoms with E-state index in [1.54, 1.807) is 0 Å². The lowest BCUT2D eigenvalue weighted by molar-refractivity contribution is 0.178. The van der Waals surface area contributed by atoms with Gasteiger partial charge in [-0.3, -0.25) is 4.68 Å². The number of nitrogens with one attached hydrogen (secondary N) is 1. The molecule has 2 heterocycles. The van der Waals surface area contributed by atoms with Crippen molar-refractivity contribution >= 4 is 6.03 Å². The van der Waals surface area contributed by atoms with Gasteiger partial charge in [-0.25, -0.2) is 4.79 Å². The van der Waals surface area contributed by atoms with Crippen LogP contribution in [0.25, 0.3) is 0 Å². The lowest BCUT2D eigenvalue weighted by Crippen LogP contribution is -2.45. The second-order valence-electron chi connectivity index (χ2n) is 7.36. The summed E-state index contributed by atoms with van der Waals surface area (Å²) < 4.78 is 1.93. The third-order valence-corrected chi connectivity index (χ3v) is 5.65. The fraction of sp³-hybridized carbons (Fsp3) is 0.500. The number of likely N-dealkylation sites (tertiary alicyclic amines) is 1. The van der Waals surface area contributed by atoms with E-state index >= 15 is 0 Å². The Morgan fingerprint density at radius 2 is 2.12 bits per heavy atom. The van der Waals surface area contributed by atoms with Crippen LogP contribution >= 0.6 is 0 Å². The Balaban J connectivity index is 1.28. The van der Waals surface area contributed by atoms with E-state index in [2.05, 4.69) is 46.8 Å². The number of aromatic nitrogens is 2. The molecule has 1 aliphatic carbocycles. The molecule has 3 atom stereocenters. The molecule has 0 bridgehead atoms. The van der Waals surface area contributed by atoms with E-state index in [-0.39, 0.29) is 6.03 Å². The first-order valence-corrected chi connectivity index (χ1v) is 9.28. The summed E-state index contributed by atoms with van der Waals surface area (Å²) in [5.74, 6) is 1.60. The Morgan fingerprint density at radius 1 is 1.28 bits per heavy atom. The molecular formula is C20H26N4O. The molecule has 2 amide bonds. The van der Waals surface area contributed by atoms with Gasteiger partial charge in [-0.2, -0.15) is 5.10 Å². The summed E-state index contributed by atoms with van der Waals surface area (Å²) in [6.07, 6.45) is 5.20. The number of aryl methyl sites for hydroxylation is 1. The first-order chi connectivity index (χ1) is 12.2. The van der Waals surface area contributed by atoms with Crippen LogP contribution in [0.2, 0.25) is 0 Å². The van der Waals surface area contributed by atoms with Crippen LogP contribution in [-0.2, 0) is 7.05 Å². The summed E-state index contributed by atoms with van der Waals surface area (Å²) in [5.41, 5.74) is 2.62. The molecule has 4 rings (SSSR count). The number of rotatable bonds is 4. The van der Waals surface area contributed by atoms with Gasteiger partial charge in [0.2, 0.25) is 0 Å². The van der Waals surface area contributed by atoms with Crippen molar-refractivity contribution in [1.29, 1.82) is 0 Å². The number of carbonyl (C=O) groups excluding carboxylic acids is 1. The monoisotopic (exact) mass is 338 g/mol. The maximum absolute atomic E-state index is 12.6. The summed E-state index contributed by atoms with van der Waals surface area (Å²) in [5, 5.41) is 7.42. The maximum Gasteiger partial charge on any atom is 0.317 e. The minimum Gasteiger partial charge on any atom is -0.338 e. The van der Waals surface area contributed by atoms with Gasteiger partial charge in [-0.05, 0) is 42.7 Å². The molecule has 2 fully saturated rings. The minimum absolute atomic E-state index is 0.0885. The average molecular weight is 338 g/mol. The summed E-state index contributed by atoms with van der Waals surface area (Å²) in [4.78, 5) is 14.5. The van der Waals surface area contributed by atoms with Crippen LogP contribution in [0.3, 0.4) is 0 Å². The Kier molecular flexibility index (Phi) is 4.47. The topological polar surface area (TPSA) is 50.2 Å². The van der Waals surface area contributed by atoms with Crippen molar-refractivity contribution in [2.45, 2.75) is 31.1 Å². The van der Waals surface area contributed by atoms with Crippen molar-refractivity contribution in [3.05, 3.63) is 53.9 Å². The Morgan fingerprint density at radius 3 is 2.88 bits per heavy atom. The number of hydrogen-bond acceptors (Lipinski definition) is 2. The van der Waals surface area contributed by atoms with Gasteiger partial charge >= 0.3 is 6.03 Å². The number of carbonyl (C=O) groups is 1. The normalized spacial score (nSPS) is 25.6. The molecule has 1 saturated carbocycles. The van der Waals surface area contributed by atoms with Gasteiger partial charge in [0, 0.05) is 44.5 Å². The Labute approximate surface area is 149 Å². The predicted octanol–water partition coefficient (Wildman–Crippen LogP) is 3.11. The lowest BCUT2D eigenvalue weighted by Gasteiger charge is -2.32. The second-order valence-corrected chi connectivity index (χ2v) is 7.36. The van der Waals surface area contributed by atoms with Crippen molar-refractivity contribution < 1.29 is 4.79 Å². The second kappa shape index (κ2) is 6.90. The Hall–Kier alpha value is -2.30. The first kappa shape index (κ1) is 16.2. The first-order valence-electron chi connectivity index (χ1n) is 9.28. The highest BCUT2D eigenvalue weighted by molar-refractivity contribution is 5.74. The molecule has 2 aromatic rings. The van der Waals surface area contributed by atoms with Crippen LogP contribution in [0.5, 0.6) is 0 Å². The molecule has 0 radical (unpaired) electrons. The van der Waals surface area contributed by atoms with E-state index in [4.69, 9.17) is 0 Å². The van der Waals surface area contributed by atoms with Crippen molar-refractivity contribution in [3.8, 4) is 0 Å². The number of nitrogens with zero attached hydrogens (tertiary/aromatic N) is 3. The number of urea groups is 1. The molecule has 5 heteroatoms. The summed E-state index contributed by atoms with van der Waals surface area (Å²) in [7, 11) is 1.98. The van der Waals surface area contributed by atoms with Gasteiger partial charge in [-0.1, -0.05) is 30.3 Å². The highest BCUT2D eigenvalue weighted by Crippen LogP contribution is 2.46. The molecule has 1 unspecified atom stereocenters. The molecule has 0 spiro atoms. The van der Waals surface area contributed by atoms with Crippen molar-refractivity contribution in [3.63, 3.8) is 0 Å². The molecule has 2 aliphatic rings. The van der Waals surface area contributed by atoms with Crippen molar-refractivity contribution in [2.75, 3.05) is 19.6 Å². The van der Waals surface area contributed by atoms with Crippen LogP contribution in [-0.4, -0.2) is 40.3 Å². The molecule has 25 heavy (non-hydrogen) atoms. The zero-order valence-corrected chi connectivity index (χ0v) is 14.8. The third kappa shape index (κ3) is 3.55. The van der Waals surface area contributed by atoms with E-state index < -0.39 is 0 Å². The van der Waals surface area contributed by atoms with Crippen LogP contribution in [0, 0.1) is 5.92 Å². The van der Waals surface area contributed by atoms with Crippen LogP contribution in [0.4, 0.5) is 4.79 Å². The fourth-order valence-electron chi connectivity index (χ4n) is 4.10. The molecule has 1 saturated heterocycles. The van der Waals surface area contributed by atoms with Crippen molar-refractivity contribution in [1.82, 2.24) is 20.0 Å². The summed E-state index contributed by atoms with van der Waals surface area (Å²) in [6, 6.07) is 12.8. The van der Waals surface area contributed by atoms with Gasteiger partial charge in [0.05, 0.1) is 0 Å². The molecule has 1 aromatic carbocycles. The fourth-order valence-corrected chi connectivity index (χ4v) is 4.10. The Bertz CT molecular complexity index is 726. The van der Waals surface area contributed by atoms with E-state index in [1.165, 1.54) is 17.7 Å². The number of piperidine rings is 1. The predicted molar refractivity (Wildman–Crippen MR) is 97.4 cm³/mol. The van der Waals surface area contributed by atoms with Crippen LogP contribution in [0.15, 0.2) is 42.6 Å². The number of benzene rings is 1. The third-order valence-electron chi connectivity index (χ3n) is 5.65. The number of hydrogen-bond donors (Lipinski definition) is 1. The maximum atomic E-state index is 12.6. The van der Waals surface area contributed by atoms with Crippen molar-refractivity contribution in [2.24, 2.45) is 13.0 Å². The smallest absolute Gasteiger partial charge is 0.317 e. The molecule has 5 nitrogen and oxygen atoms in total. The van der Waals surface area contributed by atoms with Gasteiger partial charge in [0.1, 0.15) is 0 Å². The van der Waals surface area contributed by atoms with Crippen LogP contribution < -0.4 is 5.32 Å². The number of amides is 2. The standard InChI is InChI=1S/C20H26N4O/c1-23-19(9-10-22-23)16-8-5-11-24(14-16)20(25)21-13-17-12-18(17)15-6-3-2-4-7-15/h2-4,6-7,9-10,16-18H,5,8,11-14H2,1H3,(H,21,25)/t16?,17-,18-/m0/s1. The highest BCUT2D eigenvalue weighted by Gasteiger charge is 2.38. The van der Waals surface area contributed by atoms with Gasteiger partial charge in [0.25, 0.3) is 0 Å². The average Bonchev–Trinajstić information content (AvgIpc) is 3.32. The molecule has 1 N–H and O–H groups in total. The van der Waals surface area contributed by atoms with E-state index in [9.17, 15) is 4.79 Å². The molecule has 132 valence electrons.